The molecule has 1 unspecified atom stereocenters. The number of amides is 1. The Morgan fingerprint density at radius 2 is 2.12 bits per heavy atom. The highest BCUT2D eigenvalue weighted by atomic mass is 16.2. The topological polar surface area (TPSA) is 61.6 Å². The minimum atomic E-state index is -0.428. The van der Waals surface area contributed by atoms with E-state index in [1.807, 2.05) is 13.8 Å². The predicted molar refractivity (Wildman–Crippen MR) is 69.3 cm³/mol. The fourth-order valence-corrected chi connectivity index (χ4v) is 2.51. The lowest BCUT2D eigenvalue weighted by atomic mass is 9.91. The zero-order valence-corrected chi connectivity index (χ0v) is 11.5. The van der Waals surface area contributed by atoms with Gasteiger partial charge in [-0.2, -0.15) is 0 Å². The summed E-state index contributed by atoms with van der Waals surface area (Å²) in [5.41, 5.74) is 1.82. The molecule has 0 aromatic carbocycles. The Labute approximate surface area is 104 Å². The molecule has 1 heterocycles. The van der Waals surface area contributed by atoms with Gasteiger partial charge in [0.1, 0.15) is 0 Å². The van der Waals surface area contributed by atoms with E-state index in [-0.39, 0.29) is 5.91 Å². The molecule has 0 aliphatic carbocycles. The van der Waals surface area contributed by atoms with E-state index in [4.69, 9.17) is 5.84 Å². The lowest BCUT2D eigenvalue weighted by molar-refractivity contribution is -0.130. The van der Waals surface area contributed by atoms with E-state index in [0.717, 1.165) is 32.7 Å². The largest absolute Gasteiger partial charge is 0.299 e. The molecule has 0 radical (unpaired) electrons. The van der Waals surface area contributed by atoms with Crippen molar-refractivity contribution >= 4 is 5.91 Å². The Bertz CT molecular complexity index is 267. The van der Waals surface area contributed by atoms with Crippen molar-refractivity contribution in [3.63, 3.8) is 0 Å². The number of piperazine rings is 1. The van der Waals surface area contributed by atoms with Gasteiger partial charge in [-0.25, -0.2) is 5.84 Å². The first-order valence-corrected chi connectivity index (χ1v) is 6.38. The summed E-state index contributed by atoms with van der Waals surface area (Å²) < 4.78 is 0. The first kappa shape index (κ1) is 14.4. The van der Waals surface area contributed by atoms with Crippen molar-refractivity contribution in [2.24, 2.45) is 11.3 Å². The molecule has 1 fully saturated rings. The highest BCUT2D eigenvalue weighted by molar-refractivity contribution is 5.81. The van der Waals surface area contributed by atoms with Crippen molar-refractivity contribution in [2.45, 2.75) is 33.7 Å². The van der Waals surface area contributed by atoms with Crippen LogP contribution in [0.4, 0.5) is 0 Å². The van der Waals surface area contributed by atoms with Crippen LogP contribution in [0.2, 0.25) is 0 Å². The maximum absolute atomic E-state index is 11.6. The molecule has 0 spiro atoms. The number of likely N-dealkylation sites (N-methyl/N-ethyl adjacent to an activating group) is 1. The molecule has 1 saturated heterocycles. The molecule has 0 aromatic rings. The molecule has 100 valence electrons. The molecule has 1 rings (SSSR count). The van der Waals surface area contributed by atoms with Crippen LogP contribution in [0.1, 0.15) is 27.7 Å². The molecule has 1 aliphatic heterocycles. The number of nitrogens with zero attached hydrogens (tertiary/aromatic N) is 2. The van der Waals surface area contributed by atoms with E-state index in [1.165, 1.54) is 0 Å². The van der Waals surface area contributed by atoms with E-state index in [9.17, 15) is 4.79 Å². The average molecular weight is 242 g/mol. The zero-order valence-electron chi connectivity index (χ0n) is 11.5. The number of nitrogens with one attached hydrogen (secondary N) is 1. The molecule has 5 heteroatoms. The molecule has 17 heavy (non-hydrogen) atoms. The second-order valence-corrected chi connectivity index (χ2v) is 5.57. The Kier molecular flexibility index (Phi) is 4.91. The maximum atomic E-state index is 11.6. The number of carbonyl (C=O) groups excluding carboxylic acids is 1. The SMILES string of the molecule is CCN1CCN(CC(C)(C)C(=O)NN)CC1C. The first-order chi connectivity index (χ1) is 7.90. The molecular weight excluding hydrogens is 216 g/mol. The van der Waals surface area contributed by atoms with E-state index >= 15 is 0 Å². The van der Waals surface area contributed by atoms with Crippen LogP contribution in [0.3, 0.4) is 0 Å². The lowest BCUT2D eigenvalue weighted by Crippen LogP contribution is -2.55. The Balaban J connectivity index is 2.51. The van der Waals surface area contributed by atoms with Gasteiger partial charge in [-0.15, -0.1) is 0 Å². The van der Waals surface area contributed by atoms with Gasteiger partial charge in [0, 0.05) is 32.2 Å². The fourth-order valence-electron chi connectivity index (χ4n) is 2.51. The highest BCUT2D eigenvalue weighted by Crippen LogP contribution is 2.19. The van der Waals surface area contributed by atoms with Crippen LogP contribution in [0.5, 0.6) is 0 Å². The summed E-state index contributed by atoms with van der Waals surface area (Å²) in [7, 11) is 0. The normalized spacial score (nSPS) is 23.7. The van der Waals surface area contributed by atoms with Gasteiger partial charge in [0.05, 0.1) is 5.41 Å². The third-order valence-corrected chi connectivity index (χ3v) is 3.62. The Morgan fingerprint density at radius 1 is 1.47 bits per heavy atom. The second kappa shape index (κ2) is 5.80. The molecule has 3 N–H and O–H groups in total. The van der Waals surface area contributed by atoms with E-state index in [0.29, 0.717) is 6.04 Å². The second-order valence-electron chi connectivity index (χ2n) is 5.57. The lowest BCUT2D eigenvalue weighted by Gasteiger charge is -2.41. The monoisotopic (exact) mass is 242 g/mol. The van der Waals surface area contributed by atoms with Crippen LogP contribution >= 0.6 is 0 Å². The van der Waals surface area contributed by atoms with Gasteiger partial charge in [-0.1, -0.05) is 6.92 Å². The Hall–Kier alpha value is -0.650. The summed E-state index contributed by atoms with van der Waals surface area (Å²) >= 11 is 0. The fraction of sp³-hybridized carbons (Fsp3) is 0.917. The minimum absolute atomic E-state index is 0.0944. The Morgan fingerprint density at radius 3 is 2.59 bits per heavy atom. The summed E-state index contributed by atoms with van der Waals surface area (Å²) in [6, 6.07) is 0.561. The molecule has 1 atom stereocenters. The van der Waals surface area contributed by atoms with Gasteiger partial charge in [0.15, 0.2) is 0 Å². The third kappa shape index (κ3) is 3.66. The summed E-state index contributed by atoms with van der Waals surface area (Å²) in [4.78, 5) is 16.5. The van der Waals surface area contributed by atoms with Crippen molar-refractivity contribution in [2.75, 3.05) is 32.7 Å². The van der Waals surface area contributed by atoms with Crippen LogP contribution in [0.25, 0.3) is 0 Å². The van der Waals surface area contributed by atoms with Crippen LogP contribution in [0, 0.1) is 5.41 Å². The summed E-state index contributed by atoms with van der Waals surface area (Å²) in [5.74, 6) is 5.11. The molecule has 5 nitrogen and oxygen atoms in total. The summed E-state index contributed by atoms with van der Waals surface area (Å²) in [6.45, 7) is 13.3. The van der Waals surface area contributed by atoms with Gasteiger partial charge in [0.2, 0.25) is 5.91 Å². The molecule has 0 aromatic heterocycles. The average Bonchev–Trinajstić information content (AvgIpc) is 2.27. The quantitative estimate of drug-likeness (QED) is 0.415. The zero-order chi connectivity index (χ0) is 13.1. The van der Waals surface area contributed by atoms with Crippen molar-refractivity contribution in [3.8, 4) is 0 Å². The number of nitrogens with two attached hydrogens (primary N) is 1. The number of hydrogen-bond acceptors (Lipinski definition) is 4. The van der Waals surface area contributed by atoms with E-state index in [1.54, 1.807) is 0 Å². The number of hydrazine groups is 1. The molecule has 1 amide bonds. The first-order valence-electron chi connectivity index (χ1n) is 6.38. The predicted octanol–water partition coefficient (Wildman–Crippen LogP) is 0.0285. The van der Waals surface area contributed by atoms with Crippen molar-refractivity contribution in [1.29, 1.82) is 0 Å². The van der Waals surface area contributed by atoms with Crippen molar-refractivity contribution < 1.29 is 4.79 Å². The maximum Gasteiger partial charge on any atom is 0.240 e. The number of carbonyl (C=O) groups is 1. The van der Waals surface area contributed by atoms with Gasteiger partial charge in [0.25, 0.3) is 0 Å². The number of rotatable bonds is 4. The summed E-state index contributed by atoms with van der Waals surface area (Å²) in [5, 5.41) is 0. The van der Waals surface area contributed by atoms with Gasteiger partial charge in [-0.05, 0) is 27.3 Å². The van der Waals surface area contributed by atoms with Gasteiger partial charge in [-0.3, -0.25) is 20.0 Å². The highest BCUT2D eigenvalue weighted by Gasteiger charge is 2.32. The third-order valence-electron chi connectivity index (χ3n) is 3.62. The van der Waals surface area contributed by atoms with E-state index in [2.05, 4.69) is 29.1 Å². The molecular formula is C12H26N4O. The smallest absolute Gasteiger partial charge is 0.240 e. The molecule has 0 bridgehead atoms. The van der Waals surface area contributed by atoms with Gasteiger partial charge < -0.3 is 0 Å². The van der Waals surface area contributed by atoms with Crippen molar-refractivity contribution in [1.82, 2.24) is 15.2 Å². The molecule has 1 aliphatic rings. The van der Waals surface area contributed by atoms with Crippen LogP contribution in [0.15, 0.2) is 0 Å². The number of hydrogen-bond donors (Lipinski definition) is 2. The van der Waals surface area contributed by atoms with Crippen LogP contribution in [-0.4, -0.2) is 54.5 Å². The summed E-state index contributed by atoms with van der Waals surface area (Å²) in [6.07, 6.45) is 0. The van der Waals surface area contributed by atoms with Crippen molar-refractivity contribution in [3.05, 3.63) is 0 Å². The van der Waals surface area contributed by atoms with Crippen LogP contribution in [-0.2, 0) is 4.79 Å². The van der Waals surface area contributed by atoms with E-state index < -0.39 is 5.41 Å². The van der Waals surface area contributed by atoms with Gasteiger partial charge >= 0.3 is 0 Å². The minimum Gasteiger partial charge on any atom is -0.299 e. The van der Waals surface area contributed by atoms with Crippen LogP contribution < -0.4 is 11.3 Å². The standard InChI is InChI=1S/C12H26N4O/c1-5-16-7-6-15(8-10(16)2)9-12(3,4)11(17)14-13/h10H,5-9,13H2,1-4H3,(H,14,17). The molecule has 0 saturated carbocycles.